The maximum atomic E-state index is 13.2. The molecule has 188 valence electrons. The summed E-state index contributed by atoms with van der Waals surface area (Å²) in [7, 11) is 4.05. The van der Waals surface area contributed by atoms with Crippen LogP contribution >= 0.6 is 11.6 Å². The van der Waals surface area contributed by atoms with Gasteiger partial charge in [-0.2, -0.15) is 0 Å². The van der Waals surface area contributed by atoms with E-state index in [1.807, 2.05) is 38.4 Å². The van der Waals surface area contributed by atoms with Gasteiger partial charge in [0.25, 0.3) is 5.56 Å². The first kappa shape index (κ1) is 25.5. The summed E-state index contributed by atoms with van der Waals surface area (Å²) < 4.78 is 3.77. The summed E-state index contributed by atoms with van der Waals surface area (Å²) in [5, 5.41) is 0.661. The van der Waals surface area contributed by atoms with Crippen molar-refractivity contribution >= 4 is 29.0 Å². The maximum absolute atomic E-state index is 13.2. The lowest BCUT2D eigenvalue weighted by molar-refractivity contribution is -0.120. The number of hydrogen-bond acceptors (Lipinski definition) is 5. The molecular weight excluding hydrogens is 462 g/mol. The average Bonchev–Trinajstić information content (AvgIpc) is 3.49. The Kier molecular flexibility index (Phi) is 8.29. The zero-order chi connectivity index (χ0) is 24.9. The minimum Gasteiger partial charge on any atom is -0.348 e. The van der Waals surface area contributed by atoms with Gasteiger partial charge in [-0.15, -0.1) is 0 Å². The first-order chi connectivity index (χ1) is 16.9. The van der Waals surface area contributed by atoms with E-state index < -0.39 is 0 Å². The third-order valence-corrected chi connectivity index (χ3v) is 7.02. The predicted octanol–water partition coefficient (Wildman–Crippen LogP) is 4.89. The summed E-state index contributed by atoms with van der Waals surface area (Å²) >= 11 is 6.06. The van der Waals surface area contributed by atoms with Crippen LogP contribution in [-0.4, -0.2) is 57.9 Å². The van der Waals surface area contributed by atoms with Gasteiger partial charge in [0.05, 0.1) is 11.7 Å². The molecule has 35 heavy (non-hydrogen) atoms. The van der Waals surface area contributed by atoms with Crippen LogP contribution in [0.1, 0.15) is 51.9 Å². The van der Waals surface area contributed by atoms with Gasteiger partial charge in [0.1, 0.15) is 5.82 Å². The number of aryl methyl sites for hydroxylation is 1. The number of hydrogen-bond donors (Lipinski definition) is 0. The van der Waals surface area contributed by atoms with Crippen molar-refractivity contribution in [1.82, 2.24) is 18.9 Å². The fourth-order valence-corrected chi connectivity index (χ4v) is 5.05. The van der Waals surface area contributed by atoms with E-state index in [-0.39, 0.29) is 17.4 Å². The van der Waals surface area contributed by atoms with Gasteiger partial charge in [-0.3, -0.25) is 18.6 Å². The molecule has 1 aromatic carbocycles. The van der Waals surface area contributed by atoms with Crippen molar-refractivity contribution in [2.75, 3.05) is 32.1 Å². The Hall–Kier alpha value is -2.64. The Morgan fingerprint density at radius 2 is 1.94 bits per heavy atom. The Balaban J connectivity index is 1.73. The van der Waals surface area contributed by atoms with E-state index in [2.05, 4.69) is 21.3 Å². The molecule has 0 saturated carbocycles. The molecular formula is C27H36ClN5O2. The van der Waals surface area contributed by atoms with Gasteiger partial charge in [-0.05, 0) is 58.5 Å². The zero-order valence-corrected chi connectivity index (χ0v) is 21.8. The molecule has 1 fully saturated rings. The maximum Gasteiger partial charge on any atom is 0.261 e. The van der Waals surface area contributed by atoms with Gasteiger partial charge in [-0.25, -0.2) is 4.98 Å². The summed E-state index contributed by atoms with van der Waals surface area (Å²) in [6.07, 6.45) is 8.18. The molecule has 0 radical (unpaired) electrons. The van der Waals surface area contributed by atoms with E-state index in [9.17, 15) is 9.59 Å². The van der Waals surface area contributed by atoms with E-state index >= 15 is 0 Å². The number of benzene rings is 1. The largest absolute Gasteiger partial charge is 0.348 e. The summed E-state index contributed by atoms with van der Waals surface area (Å²) in [6, 6.07) is 9.01. The molecule has 0 aliphatic carbocycles. The zero-order valence-electron chi connectivity index (χ0n) is 21.0. The number of carbonyl (C=O) groups excluding carboxylic acids is 1. The lowest BCUT2D eigenvalue weighted by Crippen LogP contribution is -2.39. The van der Waals surface area contributed by atoms with E-state index in [0.29, 0.717) is 17.2 Å². The number of nitrogens with zero attached hydrogens (tertiary/aromatic N) is 5. The Bertz CT molecular complexity index is 1210. The lowest BCUT2D eigenvalue weighted by Gasteiger charge is -2.29. The minimum absolute atomic E-state index is 0.125. The van der Waals surface area contributed by atoms with E-state index in [1.54, 1.807) is 16.7 Å². The summed E-state index contributed by atoms with van der Waals surface area (Å²) in [5.41, 5.74) is 1.52. The molecule has 1 aliphatic heterocycles. The van der Waals surface area contributed by atoms with Gasteiger partial charge < -0.3 is 9.80 Å². The highest BCUT2D eigenvalue weighted by Gasteiger charge is 2.32. The molecule has 1 saturated heterocycles. The molecule has 3 aromatic rings. The number of halogens is 1. The molecule has 0 spiro atoms. The van der Waals surface area contributed by atoms with E-state index in [4.69, 9.17) is 16.6 Å². The van der Waals surface area contributed by atoms with Crippen LogP contribution in [0.25, 0.3) is 17.0 Å². The SMILES string of the molecule is CCCCCn1c(N2CCC[C@H]2C(=O)CCCN(C)C)cc(=O)n2cc(-c3ccc(Cl)cc3)nc12. The quantitative estimate of drug-likeness (QED) is 0.353. The standard InChI is InChI=1S/C27H36ClN5O2/c1-4-5-6-16-32-25(31-17-7-9-23(31)24(34)10-8-15-30(2)3)18-26(35)33-19-22(29-27(32)33)20-11-13-21(28)14-12-20/h11-14,18-19,23H,4-10,15-17H2,1-3H3/t23-/m0/s1. The monoisotopic (exact) mass is 497 g/mol. The molecule has 0 unspecified atom stereocenters. The first-order valence-electron chi connectivity index (χ1n) is 12.7. The van der Waals surface area contributed by atoms with Crippen LogP contribution in [0.3, 0.4) is 0 Å². The predicted molar refractivity (Wildman–Crippen MR) is 143 cm³/mol. The van der Waals surface area contributed by atoms with Crippen LogP contribution in [-0.2, 0) is 11.3 Å². The summed E-state index contributed by atoms with van der Waals surface area (Å²) in [6.45, 7) is 4.60. The van der Waals surface area contributed by atoms with Crippen LogP contribution in [0, 0.1) is 0 Å². The van der Waals surface area contributed by atoms with Gasteiger partial charge >= 0.3 is 0 Å². The minimum atomic E-state index is -0.179. The number of carbonyl (C=O) groups is 1. The Morgan fingerprint density at radius 3 is 2.66 bits per heavy atom. The fourth-order valence-electron chi connectivity index (χ4n) is 4.93. The van der Waals surface area contributed by atoms with Crippen molar-refractivity contribution in [3.8, 4) is 11.3 Å². The number of fused-ring (bicyclic) bond motifs is 1. The van der Waals surface area contributed by atoms with Gasteiger partial charge in [0, 0.05) is 42.4 Å². The number of anilines is 1. The summed E-state index contributed by atoms with van der Waals surface area (Å²) in [5.74, 6) is 1.71. The second-order valence-corrected chi connectivity index (χ2v) is 10.2. The van der Waals surface area contributed by atoms with Crippen LogP contribution < -0.4 is 10.5 Å². The number of aromatic nitrogens is 3. The molecule has 1 atom stereocenters. The van der Waals surface area contributed by atoms with Crippen molar-refractivity contribution in [3.63, 3.8) is 0 Å². The third-order valence-electron chi connectivity index (χ3n) is 6.77. The lowest BCUT2D eigenvalue weighted by atomic mass is 10.1. The normalized spacial score (nSPS) is 16.0. The topological polar surface area (TPSA) is 62.9 Å². The average molecular weight is 498 g/mol. The van der Waals surface area contributed by atoms with Crippen LogP contribution in [0.5, 0.6) is 0 Å². The van der Waals surface area contributed by atoms with E-state index in [0.717, 1.165) is 75.2 Å². The number of rotatable bonds is 11. The fraction of sp³-hybridized carbons (Fsp3) is 0.519. The van der Waals surface area contributed by atoms with Crippen molar-refractivity contribution in [3.05, 3.63) is 51.9 Å². The van der Waals surface area contributed by atoms with E-state index in [1.165, 1.54) is 0 Å². The summed E-state index contributed by atoms with van der Waals surface area (Å²) in [4.78, 5) is 35.6. The van der Waals surface area contributed by atoms with Crippen LogP contribution in [0.2, 0.25) is 5.02 Å². The third kappa shape index (κ3) is 5.78. The number of unbranched alkanes of at least 4 members (excludes halogenated alkanes) is 2. The van der Waals surface area contributed by atoms with Gasteiger partial charge in [0.2, 0.25) is 5.78 Å². The van der Waals surface area contributed by atoms with Crippen LogP contribution in [0.15, 0.2) is 41.3 Å². The first-order valence-corrected chi connectivity index (χ1v) is 13.1. The molecule has 1 aliphatic rings. The molecule has 8 heteroatoms. The molecule has 0 bridgehead atoms. The molecule has 2 aromatic heterocycles. The van der Waals surface area contributed by atoms with Crippen molar-refractivity contribution in [2.45, 2.75) is 64.5 Å². The highest BCUT2D eigenvalue weighted by Crippen LogP contribution is 2.29. The Morgan fingerprint density at radius 1 is 1.17 bits per heavy atom. The number of ketones is 1. The molecule has 4 rings (SSSR count). The highest BCUT2D eigenvalue weighted by molar-refractivity contribution is 6.30. The molecule has 3 heterocycles. The Labute approximate surface area is 212 Å². The number of Topliss-reactive ketones (excluding diaryl/α,β-unsaturated/α-hetero) is 1. The van der Waals surface area contributed by atoms with Crippen molar-refractivity contribution < 1.29 is 4.79 Å². The molecule has 0 N–H and O–H groups in total. The molecule has 7 nitrogen and oxygen atoms in total. The van der Waals surface area contributed by atoms with Gasteiger partial charge in [0.15, 0.2) is 5.78 Å². The second-order valence-electron chi connectivity index (χ2n) is 9.73. The van der Waals surface area contributed by atoms with Crippen molar-refractivity contribution in [1.29, 1.82) is 0 Å². The van der Waals surface area contributed by atoms with Gasteiger partial charge in [-0.1, -0.05) is 43.5 Å². The smallest absolute Gasteiger partial charge is 0.261 e. The molecule has 0 amide bonds. The van der Waals surface area contributed by atoms with Crippen LogP contribution in [0.4, 0.5) is 5.82 Å². The highest BCUT2D eigenvalue weighted by atomic mass is 35.5. The van der Waals surface area contributed by atoms with Crippen molar-refractivity contribution in [2.24, 2.45) is 0 Å². The number of imidazole rings is 1. The second kappa shape index (κ2) is 11.4.